The second-order valence-electron chi connectivity index (χ2n) is 5.87. The molecule has 0 saturated heterocycles. The Balaban J connectivity index is 1.57. The van der Waals surface area contributed by atoms with Gasteiger partial charge in [-0.25, -0.2) is 0 Å². The number of thiocarbonyl (C=S) groups is 1. The monoisotopic (exact) mass is 433 g/mol. The van der Waals surface area contributed by atoms with E-state index in [9.17, 15) is 4.79 Å². The molecule has 5 nitrogen and oxygen atoms in total. The molecule has 3 aromatic rings. The predicted octanol–water partition coefficient (Wildman–Crippen LogP) is 5.45. The first-order valence-corrected chi connectivity index (χ1v) is 9.64. The van der Waals surface area contributed by atoms with Crippen LogP contribution in [0.5, 0.6) is 0 Å². The highest BCUT2D eigenvalue weighted by Crippen LogP contribution is 2.31. The van der Waals surface area contributed by atoms with Crippen LogP contribution in [0.2, 0.25) is 10.0 Å². The molecule has 144 valence electrons. The van der Waals surface area contributed by atoms with E-state index in [1.807, 2.05) is 24.3 Å². The highest BCUT2D eigenvalue weighted by atomic mass is 35.5. The molecule has 0 aliphatic carbocycles. The highest BCUT2D eigenvalue weighted by Gasteiger charge is 2.14. The number of rotatable bonds is 4. The summed E-state index contributed by atoms with van der Waals surface area (Å²) >= 11 is 17.2. The zero-order valence-corrected chi connectivity index (χ0v) is 17.2. The Morgan fingerprint density at radius 1 is 1.04 bits per heavy atom. The highest BCUT2D eigenvalue weighted by molar-refractivity contribution is 7.80. The van der Waals surface area contributed by atoms with Gasteiger partial charge < -0.3 is 9.73 Å². The molecule has 2 aromatic carbocycles. The second kappa shape index (κ2) is 9.10. The van der Waals surface area contributed by atoms with E-state index in [4.69, 9.17) is 39.8 Å². The number of aryl methyl sites for hydroxylation is 1. The Morgan fingerprint density at radius 2 is 1.79 bits per heavy atom. The molecule has 3 N–H and O–H groups in total. The first kappa shape index (κ1) is 20.2. The van der Waals surface area contributed by atoms with E-state index in [0.29, 0.717) is 21.4 Å². The quantitative estimate of drug-likeness (QED) is 0.377. The lowest BCUT2D eigenvalue weighted by atomic mass is 10.1. The molecule has 1 amide bonds. The molecular weight excluding hydrogens is 417 g/mol. The summed E-state index contributed by atoms with van der Waals surface area (Å²) in [6, 6.07) is 16.1. The molecule has 0 aliphatic rings. The lowest BCUT2D eigenvalue weighted by Crippen LogP contribution is -2.43. The van der Waals surface area contributed by atoms with Crippen LogP contribution in [0.4, 0.5) is 5.69 Å². The Labute approximate surface area is 178 Å². The number of hydrazine groups is 1. The van der Waals surface area contributed by atoms with E-state index in [2.05, 4.69) is 23.1 Å². The van der Waals surface area contributed by atoms with Crippen molar-refractivity contribution in [3.05, 3.63) is 76.0 Å². The van der Waals surface area contributed by atoms with Crippen molar-refractivity contribution in [2.75, 3.05) is 5.32 Å². The Bertz CT molecular complexity index is 1000. The lowest BCUT2D eigenvalue weighted by molar-refractivity contribution is 0.0917. The molecular formula is C20H17Cl2N3O2S. The van der Waals surface area contributed by atoms with Gasteiger partial charge in [0.2, 0.25) is 0 Å². The molecule has 0 atom stereocenters. The molecule has 0 fully saturated rings. The van der Waals surface area contributed by atoms with Crippen molar-refractivity contribution in [2.45, 2.75) is 13.3 Å². The number of halogens is 2. The minimum absolute atomic E-state index is 0.114. The van der Waals surface area contributed by atoms with Crippen LogP contribution in [0.25, 0.3) is 11.3 Å². The average Bonchev–Trinajstić information content (AvgIpc) is 3.16. The molecule has 28 heavy (non-hydrogen) atoms. The van der Waals surface area contributed by atoms with Crippen molar-refractivity contribution in [1.29, 1.82) is 0 Å². The largest absolute Gasteiger partial charge is 0.451 e. The van der Waals surface area contributed by atoms with Crippen LogP contribution in [0.3, 0.4) is 0 Å². The smallest absolute Gasteiger partial charge is 0.305 e. The summed E-state index contributed by atoms with van der Waals surface area (Å²) in [7, 11) is 0. The molecule has 0 spiro atoms. The molecule has 0 saturated carbocycles. The zero-order chi connectivity index (χ0) is 20.1. The molecule has 0 unspecified atom stereocenters. The SMILES string of the molecule is CCc1ccc(NC(=S)NNC(=O)c2ccc(-c3ccc(Cl)cc3Cl)o2)cc1. The number of benzene rings is 2. The van der Waals surface area contributed by atoms with Gasteiger partial charge in [-0.1, -0.05) is 42.3 Å². The number of carbonyl (C=O) groups excluding carboxylic acids is 1. The molecule has 3 rings (SSSR count). The van der Waals surface area contributed by atoms with Crippen molar-refractivity contribution in [3.63, 3.8) is 0 Å². The molecule has 8 heteroatoms. The van der Waals surface area contributed by atoms with Crippen LogP contribution in [0.15, 0.2) is 59.0 Å². The van der Waals surface area contributed by atoms with Gasteiger partial charge in [0.05, 0.1) is 5.02 Å². The van der Waals surface area contributed by atoms with E-state index in [1.165, 1.54) is 5.56 Å². The number of anilines is 1. The summed E-state index contributed by atoms with van der Waals surface area (Å²) in [5.74, 6) is 0.106. The maximum absolute atomic E-state index is 12.3. The normalized spacial score (nSPS) is 10.4. The van der Waals surface area contributed by atoms with Crippen LogP contribution in [0, 0.1) is 0 Å². The van der Waals surface area contributed by atoms with Gasteiger partial charge in [0.1, 0.15) is 5.76 Å². The van der Waals surface area contributed by atoms with Crippen LogP contribution in [0.1, 0.15) is 23.0 Å². The van der Waals surface area contributed by atoms with E-state index in [-0.39, 0.29) is 10.9 Å². The summed E-state index contributed by atoms with van der Waals surface area (Å²) in [5.41, 5.74) is 7.83. The van der Waals surface area contributed by atoms with E-state index >= 15 is 0 Å². The van der Waals surface area contributed by atoms with Gasteiger partial charge in [-0.15, -0.1) is 0 Å². The fourth-order valence-electron chi connectivity index (χ4n) is 2.46. The number of hydrogen-bond donors (Lipinski definition) is 3. The van der Waals surface area contributed by atoms with Gasteiger partial charge in [-0.2, -0.15) is 0 Å². The van der Waals surface area contributed by atoms with Gasteiger partial charge in [0.15, 0.2) is 10.9 Å². The first-order valence-electron chi connectivity index (χ1n) is 8.48. The predicted molar refractivity (Wildman–Crippen MR) is 117 cm³/mol. The third kappa shape index (κ3) is 5.04. The molecule has 1 aromatic heterocycles. The molecule has 0 radical (unpaired) electrons. The fraction of sp³-hybridized carbons (Fsp3) is 0.100. The summed E-state index contributed by atoms with van der Waals surface area (Å²) in [4.78, 5) is 12.3. The maximum Gasteiger partial charge on any atom is 0.305 e. The van der Waals surface area contributed by atoms with Crippen molar-refractivity contribution in [3.8, 4) is 11.3 Å². The van der Waals surface area contributed by atoms with Crippen molar-refractivity contribution < 1.29 is 9.21 Å². The zero-order valence-electron chi connectivity index (χ0n) is 14.9. The van der Waals surface area contributed by atoms with Crippen molar-refractivity contribution in [1.82, 2.24) is 10.9 Å². The number of furan rings is 1. The standard InChI is InChI=1S/C20H17Cl2N3O2S/c1-2-12-3-6-14(7-4-12)23-20(28)25-24-19(26)18-10-9-17(27-18)15-8-5-13(21)11-16(15)22/h3-11H,2H2,1H3,(H,24,26)(H2,23,25,28). The van der Waals surface area contributed by atoms with Gasteiger partial charge in [0, 0.05) is 16.3 Å². The lowest BCUT2D eigenvalue weighted by Gasteiger charge is -2.11. The van der Waals surface area contributed by atoms with Crippen molar-refractivity contribution >= 4 is 52.1 Å². The van der Waals surface area contributed by atoms with Gasteiger partial charge in [-0.3, -0.25) is 15.6 Å². The van der Waals surface area contributed by atoms with Crippen LogP contribution >= 0.6 is 35.4 Å². The third-order valence-electron chi connectivity index (χ3n) is 3.94. The number of amides is 1. The van der Waals surface area contributed by atoms with Crippen LogP contribution in [-0.2, 0) is 6.42 Å². The van der Waals surface area contributed by atoms with Gasteiger partial charge in [0.25, 0.3) is 0 Å². The van der Waals surface area contributed by atoms with Gasteiger partial charge >= 0.3 is 5.91 Å². The first-order chi connectivity index (χ1) is 13.5. The van der Waals surface area contributed by atoms with Crippen LogP contribution in [-0.4, -0.2) is 11.0 Å². The molecule has 0 bridgehead atoms. The van der Waals surface area contributed by atoms with E-state index in [1.54, 1.807) is 30.3 Å². The summed E-state index contributed by atoms with van der Waals surface area (Å²) in [6.07, 6.45) is 0.964. The number of nitrogens with one attached hydrogen (secondary N) is 3. The number of carbonyl (C=O) groups is 1. The Morgan fingerprint density at radius 3 is 2.46 bits per heavy atom. The average molecular weight is 434 g/mol. The molecule has 1 heterocycles. The minimum atomic E-state index is -0.471. The summed E-state index contributed by atoms with van der Waals surface area (Å²) in [6.45, 7) is 2.09. The maximum atomic E-state index is 12.3. The second-order valence-corrected chi connectivity index (χ2v) is 7.12. The van der Waals surface area contributed by atoms with Crippen molar-refractivity contribution in [2.24, 2.45) is 0 Å². The Hall–Kier alpha value is -2.54. The Kier molecular flexibility index (Phi) is 6.57. The fourth-order valence-corrected chi connectivity index (χ4v) is 3.13. The summed E-state index contributed by atoms with van der Waals surface area (Å²) in [5, 5.41) is 4.20. The van der Waals surface area contributed by atoms with E-state index < -0.39 is 5.91 Å². The number of hydrogen-bond acceptors (Lipinski definition) is 3. The van der Waals surface area contributed by atoms with Gasteiger partial charge in [-0.05, 0) is 66.7 Å². The molecule has 0 aliphatic heterocycles. The van der Waals surface area contributed by atoms with E-state index in [0.717, 1.165) is 12.1 Å². The topological polar surface area (TPSA) is 66.3 Å². The summed E-state index contributed by atoms with van der Waals surface area (Å²) < 4.78 is 5.59. The third-order valence-corrected chi connectivity index (χ3v) is 4.69. The minimum Gasteiger partial charge on any atom is -0.451 e. The van der Waals surface area contributed by atoms with Crippen LogP contribution < -0.4 is 16.2 Å².